The van der Waals surface area contributed by atoms with Crippen LogP contribution in [-0.4, -0.2) is 5.24 Å². The molecular formula is C13H8Cl2O. The van der Waals surface area contributed by atoms with Crippen molar-refractivity contribution in [2.24, 2.45) is 0 Å². The number of carbonyl (C=O) groups is 1. The Morgan fingerprint density at radius 3 is 2.19 bits per heavy atom. The lowest BCUT2D eigenvalue weighted by Gasteiger charge is -2.02. The molecule has 0 aliphatic rings. The summed E-state index contributed by atoms with van der Waals surface area (Å²) in [4.78, 5) is 10.9. The summed E-state index contributed by atoms with van der Waals surface area (Å²) in [5.41, 5.74) is 2.51. The van der Waals surface area contributed by atoms with Crippen LogP contribution in [0.2, 0.25) is 5.02 Å². The summed E-state index contributed by atoms with van der Waals surface area (Å²) in [6.07, 6.45) is 0. The van der Waals surface area contributed by atoms with E-state index in [0.29, 0.717) is 10.6 Å². The van der Waals surface area contributed by atoms with E-state index in [1.54, 1.807) is 12.1 Å². The van der Waals surface area contributed by atoms with Gasteiger partial charge in [-0.2, -0.15) is 0 Å². The zero-order valence-electron chi connectivity index (χ0n) is 8.28. The first-order valence-electron chi connectivity index (χ1n) is 4.72. The second-order valence-corrected chi connectivity index (χ2v) is 4.14. The quantitative estimate of drug-likeness (QED) is 0.723. The lowest BCUT2D eigenvalue weighted by Crippen LogP contribution is -1.87. The van der Waals surface area contributed by atoms with Crippen molar-refractivity contribution in [2.45, 2.75) is 0 Å². The normalized spacial score (nSPS) is 10.1. The van der Waals surface area contributed by atoms with Gasteiger partial charge in [0.25, 0.3) is 5.24 Å². The van der Waals surface area contributed by atoms with Crippen molar-refractivity contribution in [3.05, 3.63) is 59.1 Å². The van der Waals surface area contributed by atoms with Crippen molar-refractivity contribution in [2.75, 3.05) is 0 Å². The second kappa shape index (κ2) is 4.69. The van der Waals surface area contributed by atoms with Crippen LogP contribution in [0.3, 0.4) is 0 Å². The van der Waals surface area contributed by atoms with Crippen molar-refractivity contribution in [3.63, 3.8) is 0 Å². The van der Waals surface area contributed by atoms with Gasteiger partial charge in [0, 0.05) is 10.6 Å². The van der Waals surface area contributed by atoms with E-state index in [9.17, 15) is 4.79 Å². The van der Waals surface area contributed by atoms with Gasteiger partial charge in [-0.25, -0.2) is 0 Å². The molecule has 0 amide bonds. The Kier molecular flexibility index (Phi) is 3.28. The van der Waals surface area contributed by atoms with E-state index in [1.165, 1.54) is 0 Å². The van der Waals surface area contributed by atoms with Crippen LogP contribution in [0.5, 0.6) is 0 Å². The molecule has 0 aliphatic heterocycles. The van der Waals surface area contributed by atoms with Crippen LogP contribution in [0, 0.1) is 0 Å². The van der Waals surface area contributed by atoms with Crippen molar-refractivity contribution in [1.82, 2.24) is 0 Å². The highest BCUT2D eigenvalue weighted by Crippen LogP contribution is 2.23. The smallest absolute Gasteiger partial charge is 0.252 e. The van der Waals surface area contributed by atoms with Gasteiger partial charge >= 0.3 is 0 Å². The first-order chi connectivity index (χ1) is 7.66. The molecule has 0 aliphatic carbocycles. The van der Waals surface area contributed by atoms with E-state index < -0.39 is 5.24 Å². The summed E-state index contributed by atoms with van der Waals surface area (Å²) >= 11 is 11.3. The maximum Gasteiger partial charge on any atom is 0.252 e. The number of rotatable bonds is 2. The molecule has 2 aromatic carbocycles. The predicted molar refractivity (Wildman–Crippen MR) is 67.1 cm³/mol. The van der Waals surface area contributed by atoms with Crippen molar-refractivity contribution in [1.29, 1.82) is 0 Å². The Labute approximate surface area is 104 Å². The lowest BCUT2D eigenvalue weighted by molar-refractivity contribution is 0.108. The molecule has 80 valence electrons. The van der Waals surface area contributed by atoms with Crippen LogP contribution in [0.25, 0.3) is 11.1 Å². The fourth-order valence-corrected chi connectivity index (χ4v) is 1.78. The number of hydrogen-bond acceptors (Lipinski definition) is 1. The van der Waals surface area contributed by atoms with E-state index in [1.807, 2.05) is 36.4 Å². The molecule has 0 aromatic heterocycles. The summed E-state index contributed by atoms with van der Waals surface area (Å²) in [5.74, 6) is 0. The fourth-order valence-electron chi connectivity index (χ4n) is 1.46. The summed E-state index contributed by atoms with van der Waals surface area (Å²) in [5, 5.41) is 0.243. The fraction of sp³-hybridized carbons (Fsp3) is 0. The molecule has 1 nitrogen and oxygen atoms in total. The van der Waals surface area contributed by atoms with Crippen LogP contribution in [-0.2, 0) is 0 Å². The molecule has 2 aromatic rings. The summed E-state index contributed by atoms with van der Waals surface area (Å²) in [6.45, 7) is 0. The van der Waals surface area contributed by atoms with E-state index in [0.717, 1.165) is 11.1 Å². The van der Waals surface area contributed by atoms with Gasteiger partial charge in [0.2, 0.25) is 0 Å². The number of carbonyl (C=O) groups excluding carboxylic acids is 1. The number of hydrogen-bond donors (Lipinski definition) is 0. The van der Waals surface area contributed by atoms with Crippen LogP contribution in [0.4, 0.5) is 0 Å². The highest BCUT2D eigenvalue weighted by atomic mass is 35.5. The predicted octanol–water partition coefficient (Wildman–Crippen LogP) is 4.39. The molecule has 0 spiro atoms. The number of halogens is 2. The molecule has 0 saturated carbocycles. The standard InChI is InChI=1S/C13H8Cl2O/c14-12-3-1-2-11(8-12)9-4-6-10(7-5-9)13(15)16/h1-8H. The van der Waals surface area contributed by atoms with Gasteiger partial charge in [0.1, 0.15) is 0 Å². The first kappa shape index (κ1) is 11.2. The maximum absolute atomic E-state index is 10.9. The Hall–Kier alpha value is -1.31. The Bertz CT molecular complexity index is 518. The number of benzene rings is 2. The lowest BCUT2D eigenvalue weighted by atomic mass is 10.0. The molecule has 0 radical (unpaired) electrons. The van der Waals surface area contributed by atoms with Gasteiger partial charge in [0.15, 0.2) is 0 Å². The van der Waals surface area contributed by atoms with Gasteiger partial charge < -0.3 is 0 Å². The van der Waals surface area contributed by atoms with Crippen LogP contribution in [0.1, 0.15) is 10.4 Å². The molecule has 0 bridgehead atoms. The molecule has 0 atom stereocenters. The molecule has 0 unspecified atom stereocenters. The zero-order chi connectivity index (χ0) is 11.5. The molecular weight excluding hydrogens is 243 g/mol. The van der Waals surface area contributed by atoms with Crippen molar-refractivity contribution >= 4 is 28.4 Å². The monoisotopic (exact) mass is 250 g/mol. The minimum absolute atomic E-state index is 0.447. The highest BCUT2D eigenvalue weighted by molar-refractivity contribution is 6.67. The van der Waals surface area contributed by atoms with Gasteiger partial charge in [-0.3, -0.25) is 4.79 Å². The second-order valence-electron chi connectivity index (χ2n) is 3.36. The van der Waals surface area contributed by atoms with Gasteiger partial charge in [0.05, 0.1) is 0 Å². The Balaban J connectivity index is 2.38. The average Bonchev–Trinajstić information content (AvgIpc) is 2.29. The highest BCUT2D eigenvalue weighted by Gasteiger charge is 2.02. The average molecular weight is 251 g/mol. The van der Waals surface area contributed by atoms with E-state index in [4.69, 9.17) is 23.2 Å². The van der Waals surface area contributed by atoms with Gasteiger partial charge in [-0.15, -0.1) is 0 Å². The molecule has 0 N–H and O–H groups in total. The third-order valence-electron chi connectivity index (χ3n) is 2.27. The molecule has 3 heteroatoms. The molecule has 0 fully saturated rings. The van der Waals surface area contributed by atoms with Crippen molar-refractivity contribution in [3.8, 4) is 11.1 Å². The summed E-state index contributed by atoms with van der Waals surface area (Å²) in [6, 6.07) is 14.6. The van der Waals surface area contributed by atoms with Gasteiger partial charge in [-0.05, 0) is 47.0 Å². The molecule has 2 rings (SSSR count). The topological polar surface area (TPSA) is 17.1 Å². The summed E-state index contributed by atoms with van der Waals surface area (Å²) in [7, 11) is 0. The molecule has 0 saturated heterocycles. The Morgan fingerprint density at radius 1 is 0.938 bits per heavy atom. The van der Waals surface area contributed by atoms with E-state index in [-0.39, 0.29) is 0 Å². The third kappa shape index (κ3) is 2.43. The first-order valence-corrected chi connectivity index (χ1v) is 5.48. The largest absolute Gasteiger partial charge is 0.276 e. The van der Waals surface area contributed by atoms with E-state index in [2.05, 4.69) is 0 Å². The van der Waals surface area contributed by atoms with Gasteiger partial charge in [-0.1, -0.05) is 35.9 Å². The zero-order valence-corrected chi connectivity index (χ0v) is 9.79. The van der Waals surface area contributed by atoms with Crippen molar-refractivity contribution < 1.29 is 4.79 Å². The van der Waals surface area contributed by atoms with E-state index >= 15 is 0 Å². The summed E-state index contributed by atoms with van der Waals surface area (Å²) < 4.78 is 0. The molecule has 0 heterocycles. The Morgan fingerprint density at radius 2 is 1.62 bits per heavy atom. The third-order valence-corrected chi connectivity index (χ3v) is 2.72. The molecule has 16 heavy (non-hydrogen) atoms. The minimum atomic E-state index is -0.447. The van der Waals surface area contributed by atoms with Crippen LogP contribution < -0.4 is 0 Å². The maximum atomic E-state index is 10.9. The van der Waals surface area contributed by atoms with Crippen LogP contribution >= 0.6 is 23.2 Å². The van der Waals surface area contributed by atoms with Crippen LogP contribution in [0.15, 0.2) is 48.5 Å². The minimum Gasteiger partial charge on any atom is -0.276 e. The SMILES string of the molecule is O=C(Cl)c1ccc(-c2cccc(Cl)c2)cc1.